The molecular weight excluding hydrogens is 222 g/mol. The number of hydrogen-bond donors (Lipinski definition) is 1. The van der Waals surface area contributed by atoms with Crippen LogP contribution in [-0.4, -0.2) is 61.0 Å². The zero-order valence-electron chi connectivity index (χ0n) is 10.1. The lowest BCUT2D eigenvalue weighted by Gasteiger charge is -2.30. The van der Waals surface area contributed by atoms with Crippen LogP contribution in [0.15, 0.2) is 0 Å². The molecule has 17 heavy (non-hydrogen) atoms. The Balaban J connectivity index is 1.88. The van der Waals surface area contributed by atoms with Gasteiger partial charge in [-0.25, -0.2) is 0 Å². The first kappa shape index (κ1) is 12.8. The fourth-order valence-electron chi connectivity index (χ4n) is 2.57. The Hall–Kier alpha value is -0.650. The molecule has 2 fully saturated rings. The minimum atomic E-state index is -0.418. The van der Waals surface area contributed by atoms with Gasteiger partial charge in [0.2, 0.25) is 0 Å². The maximum absolute atomic E-state index is 12.2. The van der Waals surface area contributed by atoms with Gasteiger partial charge in [-0.3, -0.25) is 4.79 Å². The van der Waals surface area contributed by atoms with Gasteiger partial charge in [0.1, 0.15) is 0 Å². The molecule has 2 aliphatic rings. The van der Waals surface area contributed by atoms with Crippen LogP contribution in [0.2, 0.25) is 0 Å². The SMILES string of the molecule is O=C(C1COCCO1)N1CCCC1CCCO. The van der Waals surface area contributed by atoms with E-state index >= 15 is 0 Å². The summed E-state index contributed by atoms with van der Waals surface area (Å²) in [5.74, 6) is 0.0603. The number of amides is 1. The first-order valence-electron chi connectivity index (χ1n) is 6.43. The number of ether oxygens (including phenoxy) is 2. The van der Waals surface area contributed by atoms with Crippen molar-refractivity contribution >= 4 is 5.91 Å². The van der Waals surface area contributed by atoms with Crippen LogP contribution in [-0.2, 0) is 14.3 Å². The van der Waals surface area contributed by atoms with Crippen molar-refractivity contribution in [2.24, 2.45) is 0 Å². The molecule has 5 nitrogen and oxygen atoms in total. The van der Waals surface area contributed by atoms with Crippen molar-refractivity contribution in [2.45, 2.75) is 37.8 Å². The number of aliphatic hydroxyl groups is 1. The number of likely N-dealkylation sites (tertiary alicyclic amines) is 1. The van der Waals surface area contributed by atoms with Crippen molar-refractivity contribution in [3.05, 3.63) is 0 Å². The maximum Gasteiger partial charge on any atom is 0.254 e. The van der Waals surface area contributed by atoms with Crippen LogP contribution >= 0.6 is 0 Å². The number of aliphatic hydroxyl groups excluding tert-OH is 1. The summed E-state index contributed by atoms with van der Waals surface area (Å²) in [6.45, 7) is 2.47. The van der Waals surface area contributed by atoms with E-state index in [1.165, 1.54) is 0 Å². The molecule has 0 aromatic carbocycles. The normalized spacial score (nSPS) is 29.6. The zero-order chi connectivity index (χ0) is 12.1. The molecule has 0 aliphatic carbocycles. The minimum absolute atomic E-state index is 0.0603. The van der Waals surface area contributed by atoms with Crippen molar-refractivity contribution in [1.29, 1.82) is 0 Å². The third kappa shape index (κ3) is 3.18. The Morgan fingerprint density at radius 2 is 2.29 bits per heavy atom. The largest absolute Gasteiger partial charge is 0.396 e. The monoisotopic (exact) mass is 243 g/mol. The van der Waals surface area contributed by atoms with Crippen LogP contribution in [0.5, 0.6) is 0 Å². The lowest BCUT2D eigenvalue weighted by molar-refractivity contribution is -0.158. The van der Waals surface area contributed by atoms with E-state index in [4.69, 9.17) is 14.6 Å². The van der Waals surface area contributed by atoms with Crippen LogP contribution in [0.3, 0.4) is 0 Å². The van der Waals surface area contributed by atoms with Gasteiger partial charge < -0.3 is 19.5 Å². The standard InChI is InChI=1S/C12H21NO4/c14-6-2-4-10-3-1-5-13(10)12(15)11-9-16-7-8-17-11/h10-11,14H,1-9H2. The first-order valence-corrected chi connectivity index (χ1v) is 6.43. The molecule has 5 heteroatoms. The van der Waals surface area contributed by atoms with Gasteiger partial charge in [0, 0.05) is 19.2 Å². The third-order valence-corrected chi connectivity index (χ3v) is 3.45. The predicted octanol–water partition coefficient (Wildman–Crippen LogP) is 0.165. The van der Waals surface area contributed by atoms with Gasteiger partial charge in [-0.1, -0.05) is 0 Å². The smallest absolute Gasteiger partial charge is 0.254 e. The fraction of sp³-hybridized carbons (Fsp3) is 0.917. The van der Waals surface area contributed by atoms with E-state index in [1.54, 1.807) is 0 Å². The quantitative estimate of drug-likeness (QED) is 0.764. The van der Waals surface area contributed by atoms with Crippen LogP contribution in [0.4, 0.5) is 0 Å². The van der Waals surface area contributed by atoms with Gasteiger partial charge in [-0.2, -0.15) is 0 Å². The summed E-state index contributed by atoms with van der Waals surface area (Å²) >= 11 is 0. The summed E-state index contributed by atoms with van der Waals surface area (Å²) in [5, 5.41) is 8.85. The van der Waals surface area contributed by atoms with Crippen LogP contribution in [0, 0.1) is 0 Å². The number of rotatable bonds is 4. The molecule has 1 amide bonds. The van der Waals surface area contributed by atoms with E-state index < -0.39 is 6.10 Å². The molecule has 2 unspecified atom stereocenters. The van der Waals surface area contributed by atoms with Gasteiger partial charge >= 0.3 is 0 Å². The molecule has 2 heterocycles. The van der Waals surface area contributed by atoms with E-state index in [0.717, 1.165) is 32.2 Å². The summed E-state index contributed by atoms with van der Waals surface area (Å²) in [4.78, 5) is 14.1. The van der Waals surface area contributed by atoms with Gasteiger partial charge in [-0.15, -0.1) is 0 Å². The topological polar surface area (TPSA) is 59.0 Å². The highest BCUT2D eigenvalue weighted by molar-refractivity contribution is 5.81. The highest BCUT2D eigenvalue weighted by Crippen LogP contribution is 2.23. The van der Waals surface area contributed by atoms with Crippen molar-refractivity contribution in [2.75, 3.05) is 33.0 Å². The number of hydrogen-bond acceptors (Lipinski definition) is 4. The second kappa shape index (κ2) is 6.33. The summed E-state index contributed by atoms with van der Waals surface area (Å²) in [6, 6.07) is 0.278. The predicted molar refractivity (Wildman–Crippen MR) is 61.6 cm³/mol. The average molecular weight is 243 g/mol. The molecule has 0 aromatic rings. The molecule has 98 valence electrons. The summed E-state index contributed by atoms with van der Waals surface area (Å²) in [5.41, 5.74) is 0. The maximum atomic E-state index is 12.2. The highest BCUT2D eigenvalue weighted by atomic mass is 16.6. The Labute approximate surface area is 102 Å². The highest BCUT2D eigenvalue weighted by Gasteiger charge is 2.34. The molecular formula is C12H21NO4. The van der Waals surface area contributed by atoms with Crippen molar-refractivity contribution in [3.63, 3.8) is 0 Å². The molecule has 0 saturated carbocycles. The van der Waals surface area contributed by atoms with Crippen molar-refractivity contribution in [1.82, 2.24) is 4.90 Å². The Kier molecular flexibility index (Phi) is 4.76. The van der Waals surface area contributed by atoms with E-state index in [0.29, 0.717) is 19.8 Å². The van der Waals surface area contributed by atoms with E-state index in [2.05, 4.69) is 0 Å². The summed E-state index contributed by atoms with van der Waals surface area (Å²) < 4.78 is 10.7. The zero-order valence-corrected chi connectivity index (χ0v) is 10.1. The lowest BCUT2D eigenvalue weighted by Crippen LogP contribution is -2.47. The van der Waals surface area contributed by atoms with E-state index in [9.17, 15) is 4.79 Å². The molecule has 2 atom stereocenters. The fourth-order valence-corrected chi connectivity index (χ4v) is 2.57. The molecule has 0 radical (unpaired) electrons. The van der Waals surface area contributed by atoms with Gasteiger partial charge in [0.15, 0.2) is 6.10 Å². The van der Waals surface area contributed by atoms with E-state index in [-0.39, 0.29) is 18.6 Å². The molecule has 0 bridgehead atoms. The van der Waals surface area contributed by atoms with E-state index in [1.807, 2.05) is 4.90 Å². The third-order valence-electron chi connectivity index (χ3n) is 3.45. The molecule has 2 aliphatic heterocycles. The summed E-state index contributed by atoms with van der Waals surface area (Å²) in [7, 11) is 0. The molecule has 1 N–H and O–H groups in total. The van der Waals surface area contributed by atoms with Crippen molar-refractivity contribution in [3.8, 4) is 0 Å². The number of carbonyl (C=O) groups is 1. The molecule has 0 spiro atoms. The number of nitrogens with zero attached hydrogens (tertiary/aromatic N) is 1. The van der Waals surface area contributed by atoms with Crippen LogP contribution in [0.1, 0.15) is 25.7 Å². The second-order valence-electron chi connectivity index (χ2n) is 4.63. The van der Waals surface area contributed by atoms with Crippen LogP contribution in [0.25, 0.3) is 0 Å². The first-order chi connectivity index (χ1) is 8.33. The number of carbonyl (C=O) groups excluding carboxylic acids is 1. The molecule has 2 rings (SSSR count). The average Bonchev–Trinajstić information content (AvgIpc) is 2.84. The minimum Gasteiger partial charge on any atom is -0.396 e. The lowest BCUT2D eigenvalue weighted by atomic mass is 10.1. The van der Waals surface area contributed by atoms with Gasteiger partial charge in [0.05, 0.1) is 19.8 Å². The van der Waals surface area contributed by atoms with Crippen molar-refractivity contribution < 1.29 is 19.4 Å². The Morgan fingerprint density at radius 3 is 3.00 bits per heavy atom. The summed E-state index contributed by atoms with van der Waals surface area (Å²) in [6.07, 6.45) is 3.32. The molecule has 0 aromatic heterocycles. The second-order valence-corrected chi connectivity index (χ2v) is 4.63. The Bertz CT molecular complexity index is 253. The van der Waals surface area contributed by atoms with Gasteiger partial charge in [0.25, 0.3) is 5.91 Å². The van der Waals surface area contributed by atoms with Gasteiger partial charge in [-0.05, 0) is 25.7 Å². The van der Waals surface area contributed by atoms with Crippen LogP contribution < -0.4 is 0 Å². The molecule has 2 saturated heterocycles. The Morgan fingerprint density at radius 1 is 1.41 bits per heavy atom.